The summed E-state index contributed by atoms with van der Waals surface area (Å²) in [6.45, 7) is 1.70. The fourth-order valence-corrected chi connectivity index (χ4v) is 2.74. The van der Waals surface area contributed by atoms with Gasteiger partial charge in [0, 0.05) is 6.54 Å². The first kappa shape index (κ1) is 14.7. The van der Waals surface area contributed by atoms with Gasteiger partial charge in [0.15, 0.2) is 11.9 Å². The van der Waals surface area contributed by atoms with Crippen LogP contribution in [0.1, 0.15) is 24.7 Å². The quantitative estimate of drug-likeness (QED) is 0.926. The van der Waals surface area contributed by atoms with E-state index < -0.39 is 24.1 Å². The zero-order chi connectivity index (χ0) is 16.1. The second-order valence-corrected chi connectivity index (χ2v) is 5.08. The molecule has 1 atom stereocenters. The van der Waals surface area contributed by atoms with E-state index in [0.29, 0.717) is 17.5 Å². The summed E-state index contributed by atoms with van der Waals surface area (Å²) in [7, 11) is 0. The van der Waals surface area contributed by atoms with E-state index in [1.165, 1.54) is 0 Å². The van der Waals surface area contributed by atoms with Crippen molar-refractivity contribution >= 4 is 17.0 Å². The Bertz CT molecular complexity index is 752. The molecule has 0 aliphatic carbocycles. The lowest BCUT2D eigenvalue weighted by Crippen LogP contribution is -2.31. The van der Waals surface area contributed by atoms with E-state index in [4.69, 9.17) is 9.84 Å². The van der Waals surface area contributed by atoms with Crippen molar-refractivity contribution in [1.82, 2.24) is 9.55 Å². The van der Waals surface area contributed by atoms with Crippen LogP contribution in [0.2, 0.25) is 0 Å². The predicted molar refractivity (Wildman–Crippen MR) is 70.8 cm³/mol. The number of benzene rings is 1. The maximum atomic E-state index is 13.1. The molecule has 0 saturated carbocycles. The topological polar surface area (TPSA) is 64.4 Å². The molecule has 0 bridgehead atoms. The first-order chi connectivity index (χ1) is 10.3. The fraction of sp³-hybridized carbons (Fsp3) is 0.429. The molecule has 0 radical (unpaired) electrons. The highest BCUT2D eigenvalue weighted by atomic mass is 19.4. The number of carboxylic acids is 1. The second kappa shape index (κ2) is 4.89. The summed E-state index contributed by atoms with van der Waals surface area (Å²) in [6, 6.07) is 3.24. The normalized spacial score (nSPS) is 18.1. The van der Waals surface area contributed by atoms with Gasteiger partial charge in [-0.1, -0.05) is 6.07 Å². The Hall–Kier alpha value is -2.25. The fourth-order valence-electron chi connectivity index (χ4n) is 2.74. The molecular formula is C14H13F3N2O3. The van der Waals surface area contributed by atoms with Gasteiger partial charge in [-0.25, -0.2) is 9.78 Å². The number of aliphatic carboxylic acids is 1. The lowest BCUT2D eigenvalue weighted by Gasteiger charge is -2.23. The summed E-state index contributed by atoms with van der Waals surface area (Å²) in [5.74, 6) is -1.98. The number of hydrogen-bond acceptors (Lipinski definition) is 3. The van der Waals surface area contributed by atoms with Gasteiger partial charge in [-0.05, 0) is 31.4 Å². The number of rotatable bonds is 2. The van der Waals surface area contributed by atoms with Gasteiger partial charge in [0.05, 0.1) is 5.52 Å². The molecule has 2 heterocycles. The molecule has 118 valence electrons. The average Bonchev–Trinajstić information content (AvgIpc) is 2.85. The zero-order valence-electron chi connectivity index (χ0n) is 11.6. The molecule has 1 N–H and O–H groups in total. The van der Waals surface area contributed by atoms with Crippen LogP contribution in [0.25, 0.3) is 11.0 Å². The molecule has 2 aromatic rings. The molecule has 5 nitrogen and oxygen atoms in total. The summed E-state index contributed by atoms with van der Waals surface area (Å²) in [5, 5.41) is 9.04. The third-order valence-corrected chi connectivity index (χ3v) is 3.74. The molecule has 1 aliphatic heterocycles. The van der Waals surface area contributed by atoms with E-state index in [9.17, 15) is 18.0 Å². The number of imidazole rings is 1. The summed E-state index contributed by atoms with van der Waals surface area (Å²) in [6.07, 6.45) is -4.92. The molecule has 0 spiro atoms. The van der Waals surface area contributed by atoms with Crippen molar-refractivity contribution < 1.29 is 27.8 Å². The Balaban J connectivity index is 2.22. The van der Waals surface area contributed by atoms with E-state index >= 15 is 0 Å². The number of fused-ring (bicyclic) bond motifs is 3. The number of carbonyl (C=O) groups is 1. The van der Waals surface area contributed by atoms with Crippen LogP contribution < -0.4 is 4.74 Å². The van der Waals surface area contributed by atoms with E-state index in [1.54, 1.807) is 19.1 Å². The van der Waals surface area contributed by atoms with E-state index in [2.05, 4.69) is 4.98 Å². The largest absolute Gasteiger partial charge is 0.479 e. The molecule has 8 heteroatoms. The molecule has 0 saturated heterocycles. The van der Waals surface area contributed by atoms with Crippen molar-refractivity contribution in [2.45, 2.75) is 38.6 Å². The number of hydrogen-bond donors (Lipinski definition) is 1. The van der Waals surface area contributed by atoms with Gasteiger partial charge in [0.25, 0.3) is 0 Å². The summed E-state index contributed by atoms with van der Waals surface area (Å²) < 4.78 is 45.7. The van der Waals surface area contributed by atoms with Crippen molar-refractivity contribution in [3.05, 3.63) is 23.5 Å². The Morgan fingerprint density at radius 1 is 1.50 bits per heavy atom. The standard InChI is InChI=1S/C14H13F3N2O3/c1-2-19-8-5-3-7-4-6-9(12(20)21)22-11(7)10(8)18-13(19)14(15,16)17/h3,5,9H,2,4,6H2,1H3,(H,20,21). The van der Waals surface area contributed by atoms with Gasteiger partial charge in [-0.2, -0.15) is 13.2 Å². The molecule has 1 aromatic heterocycles. The number of nitrogens with zero attached hydrogens (tertiary/aromatic N) is 2. The molecule has 1 aromatic carbocycles. The van der Waals surface area contributed by atoms with Crippen LogP contribution in [0.3, 0.4) is 0 Å². The van der Waals surface area contributed by atoms with Crippen LogP contribution in [0.15, 0.2) is 12.1 Å². The van der Waals surface area contributed by atoms with Gasteiger partial charge < -0.3 is 14.4 Å². The van der Waals surface area contributed by atoms with Crippen molar-refractivity contribution in [3.63, 3.8) is 0 Å². The van der Waals surface area contributed by atoms with Crippen molar-refractivity contribution in [1.29, 1.82) is 0 Å². The minimum Gasteiger partial charge on any atom is -0.479 e. The highest BCUT2D eigenvalue weighted by molar-refractivity contribution is 5.85. The number of aryl methyl sites for hydroxylation is 2. The highest BCUT2D eigenvalue weighted by Crippen LogP contribution is 2.38. The summed E-state index contributed by atoms with van der Waals surface area (Å²) in [4.78, 5) is 14.7. The first-order valence-corrected chi connectivity index (χ1v) is 6.81. The molecule has 0 amide bonds. The molecule has 3 rings (SSSR count). The average molecular weight is 314 g/mol. The monoisotopic (exact) mass is 314 g/mol. The van der Waals surface area contributed by atoms with Crippen molar-refractivity contribution in [2.24, 2.45) is 0 Å². The lowest BCUT2D eigenvalue weighted by molar-refractivity contribution is -0.147. The van der Waals surface area contributed by atoms with E-state index in [-0.39, 0.29) is 24.2 Å². The molecule has 1 unspecified atom stereocenters. The lowest BCUT2D eigenvalue weighted by atomic mass is 10.0. The van der Waals surface area contributed by atoms with Gasteiger partial charge in [0.1, 0.15) is 5.52 Å². The predicted octanol–water partition coefficient (Wildman–Crippen LogP) is 2.85. The second-order valence-electron chi connectivity index (χ2n) is 5.08. The number of halogens is 3. The van der Waals surface area contributed by atoms with Crippen molar-refractivity contribution in [2.75, 3.05) is 0 Å². The molecule has 22 heavy (non-hydrogen) atoms. The van der Waals surface area contributed by atoms with Gasteiger partial charge in [-0.3, -0.25) is 0 Å². The Morgan fingerprint density at radius 3 is 2.82 bits per heavy atom. The Morgan fingerprint density at radius 2 is 2.23 bits per heavy atom. The maximum Gasteiger partial charge on any atom is 0.449 e. The van der Waals surface area contributed by atoms with Gasteiger partial charge in [-0.15, -0.1) is 0 Å². The minimum absolute atomic E-state index is 0.0672. The SMILES string of the molecule is CCn1c(C(F)(F)F)nc2c3c(ccc21)CCC(C(=O)O)O3. The molecule has 0 fully saturated rings. The zero-order valence-corrected chi connectivity index (χ0v) is 11.6. The third-order valence-electron chi connectivity index (χ3n) is 3.74. The summed E-state index contributed by atoms with van der Waals surface area (Å²) in [5.41, 5.74) is 1.04. The Kier molecular flexibility index (Phi) is 3.26. The Labute approximate surface area is 123 Å². The van der Waals surface area contributed by atoms with Crippen LogP contribution in [0, 0.1) is 0 Å². The molecule has 1 aliphatic rings. The van der Waals surface area contributed by atoms with Crippen LogP contribution in [-0.2, 0) is 23.9 Å². The van der Waals surface area contributed by atoms with E-state index in [0.717, 1.165) is 4.57 Å². The number of ether oxygens (including phenoxy) is 1. The number of alkyl halides is 3. The van der Waals surface area contributed by atoms with E-state index in [1.807, 2.05) is 0 Å². The van der Waals surface area contributed by atoms with Crippen LogP contribution >= 0.6 is 0 Å². The first-order valence-electron chi connectivity index (χ1n) is 6.81. The highest BCUT2D eigenvalue weighted by Gasteiger charge is 2.38. The van der Waals surface area contributed by atoms with Gasteiger partial charge in [0.2, 0.25) is 5.82 Å². The minimum atomic E-state index is -4.58. The summed E-state index contributed by atoms with van der Waals surface area (Å²) >= 11 is 0. The molecular weight excluding hydrogens is 301 g/mol. The van der Waals surface area contributed by atoms with Crippen LogP contribution in [-0.4, -0.2) is 26.7 Å². The number of aromatic nitrogens is 2. The number of carboxylic acid groups (broad SMARTS) is 1. The van der Waals surface area contributed by atoms with Crippen molar-refractivity contribution in [3.8, 4) is 5.75 Å². The third kappa shape index (κ3) is 2.18. The maximum absolute atomic E-state index is 13.1. The van der Waals surface area contributed by atoms with Gasteiger partial charge >= 0.3 is 12.1 Å². The van der Waals surface area contributed by atoms with Crippen LogP contribution in [0.4, 0.5) is 13.2 Å². The smallest absolute Gasteiger partial charge is 0.449 e. The van der Waals surface area contributed by atoms with Crippen LogP contribution in [0.5, 0.6) is 5.75 Å².